The Morgan fingerprint density at radius 3 is 2.52 bits per heavy atom. The molecule has 0 spiro atoms. The fraction of sp³-hybridized carbons (Fsp3) is 0.235. The number of benzene rings is 2. The van der Waals surface area contributed by atoms with Gasteiger partial charge >= 0.3 is 0 Å². The Hall–Kier alpha value is -2.20. The number of halogens is 1. The number of carbonyl (C=O) groups excluding carboxylic acids is 1. The first-order valence-electron chi connectivity index (χ1n) is 6.96. The van der Waals surface area contributed by atoms with Gasteiger partial charge in [0.15, 0.2) is 6.54 Å². The van der Waals surface area contributed by atoms with Crippen LogP contribution < -0.4 is 10.2 Å². The number of amides is 1. The molecule has 1 amide bonds. The van der Waals surface area contributed by atoms with Gasteiger partial charge in [-0.3, -0.25) is 4.79 Å². The fourth-order valence-electron chi connectivity index (χ4n) is 2.23. The lowest BCUT2D eigenvalue weighted by molar-refractivity contribution is -0.885. The van der Waals surface area contributed by atoms with E-state index in [1.54, 1.807) is 18.2 Å². The summed E-state index contributed by atoms with van der Waals surface area (Å²) in [5.74, 6) is -0.603. The average Bonchev–Trinajstić information content (AvgIpc) is 2.44. The highest BCUT2D eigenvalue weighted by molar-refractivity contribution is 5.91. The van der Waals surface area contributed by atoms with Crippen LogP contribution in [0.25, 0.3) is 0 Å². The number of carbonyl (C=O) groups is 1. The quantitative estimate of drug-likeness (QED) is 0.863. The van der Waals surface area contributed by atoms with Gasteiger partial charge < -0.3 is 10.2 Å². The van der Waals surface area contributed by atoms with E-state index in [9.17, 15) is 9.18 Å². The van der Waals surface area contributed by atoms with E-state index in [-0.39, 0.29) is 11.6 Å². The largest absolute Gasteiger partial charge is 0.326 e. The van der Waals surface area contributed by atoms with E-state index in [1.807, 2.05) is 19.2 Å². The zero-order chi connectivity index (χ0) is 15.2. The molecule has 0 aliphatic carbocycles. The van der Waals surface area contributed by atoms with Crippen molar-refractivity contribution in [3.8, 4) is 0 Å². The molecule has 1 unspecified atom stereocenters. The Bertz CT molecular complexity index is 628. The first-order chi connectivity index (χ1) is 10.1. The van der Waals surface area contributed by atoms with Crippen LogP contribution in [-0.4, -0.2) is 19.5 Å². The average molecular weight is 287 g/mol. The highest BCUT2D eigenvalue weighted by Crippen LogP contribution is 2.11. The topological polar surface area (TPSA) is 33.5 Å². The van der Waals surface area contributed by atoms with Crippen LogP contribution in [0, 0.1) is 12.7 Å². The second kappa shape index (κ2) is 6.99. The number of quaternary nitrogens is 1. The molecule has 2 N–H and O–H groups in total. The van der Waals surface area contributed by atoms with Crippen LogP contribution in [0.3, 0.4) is 0 Å². The molecule has 0 radical (unpaired) electrons. The molecule has 0 bridgehead atoms. The minimum atomic E-state index is -0.414. The van der Waals surface area contributed by atoms with E-state index in [2.05, 4.69) is 24.4 Å². The third kappa shape index (κ3) is 4.39. The monoisotopic (exact) mass is 287 g/mol. The van der Waals surface area contributed by atoms with E-state index in [0.29, 0.717) is 6.54 Å². The van der Waals surface area contributed by atoms with Crippen LogP contribution in [0.5, 0.6) is 0 Å². The van der Waals surface area contributed by atoms with E-state index in [1.165, 1.54) is 17.2 Å². The predicted molar refractivity (Wildman–Crippen MR) is 81.7 cm³/mol. The summed E-state index contributed by atoms with van der Waals surface area (Å²) in [5, 5.41) is 2.61. The van der Waals surface area contributed by atoms with Crippen molar-refractivity contribution in [1.82, 2.24) is 0 Å². The Morgan fingerprint density at radius 1 is 1.14 bits per heavy atom. The minimum Gasteiger partial charge on any atom is -0.326 e. The van der Waals surface area contributed by atoms with Crippen molar-refractivity contribution in [3.05, 3.63) is 65.5 Å². The zero-order valence-electron chi connectivity index (χ0n) is 12.3. The van der Waals surface area contributed by atoms with Gasteiger partial charge in [0.1, 0.15) is 12.4 Å². The molecule has 0 heterocycles. The molecular formula is C17H20FN2O+. The lowest BCUT2D eigenvalue weighted by Crippen LogP contribution is -3.08. The van der Waals surface area contributed by atoms with E-state index in [4.69, 9.17) is 0 Å². The van der Waals surface area contributed by atoms with Crippen LogP contribution >= 0.6 is 0 Å². The molecule has 3 nitrogen and oxygen atoms in total. The second-order valence-electron chi connectivity index (χ2n) is 5.27. The van der Waals surface area contributed by atoms with E-state index >= 15 is 0 Å². The normalized spacial score (nSPS) is 12.0. The molecule has 0 fully saturated rings. The van der Waals surface area contributed by atoms with Crippen molar-refractivity contribution in [2.45, 2.75) is 13.5 Å². The molecule has 0 saturated carbocycles. The van der Waals surface area contributed by atoms with Crippen molar-refractivity contribution in [2.75, 3.05) is 18.9 Å². The number of likely N-dealkylation sites (N-methyl/N-ethyl adjacent to an activating group) is 1. The molecule has 2 rings (SSSR count). The van der Waals surface area contributed by atoms with Gasteiger partial charge in [0.2, 0.25) is 0 Å². The van der Waals surface area contributed by atoms with Gasteiger partial charge in [-0.25, -0.2) is 4.39 Å². The van der Waals surface area contributed by atoms with E-state index < -0.39 is 5.82 Å². The van der Waals surface area contributed by atoms with Gasteiger partial charge in [-0.2, -0.15) is 0 Å². The number of nitrogens with one attached hydrogen (secondary N) is 2. The van der Waals surface area contributed by atoms with Crippen molar-refractivity contribution in [3.63, 3.8) is 0 Å². The molecule has 1 atom stereocenters. The van der Waals surface area contributed by atoms with Crippen LogP contribution in [0.15, 0.2) is 48.5 Å². The van der Waals surface area contributed by atoms with Gasteiger partial charge in [0, 0.05) is 5.56 Å². The first kappa shape index (κ1) is 15.2. The summed E-state index contributed by atoms with van der Waals surface area (Å²) in [5.41, 5.74) is 2.66. The molecule has 21 heavy (non-hydrogen) atoms. The summed E-state index contributed by atoms with van der Waals surface area (Å²) in [6, 6.07) is 14.3. The molecule has 0 aliphatic rings. The highest BCUT2D eigenvalue weighted by atomic mass is 19.1. The summed E-state index contributed by atoms with van der Waals surface area (Å²) in [4.78, 5) is 13.0. The summed E-state index contributed by atoms with van der Waals surface area (Å²) in [6.45, 7) is 3.11. The second-order valence-corrected chi connectivity index (χ2v) is 5.27. The molecule has 0 aliphatic heterocycles. The predicted octanol–water partition coefficient (Wildman–Crippen LogP) is 1.79. The number of hydrogen-bond donors (Lipinski definition) is 2. The standard InChI is InChI=1S/C17H19FN2O/c1-13-7-3-4-8-14(13)11-20(2)12-17(21)19-16-10-6-5-9-15(16)18/h3-10H,11-12H2,1-2H3,(H,19,21)/p+1. The van der Waals surface area contributed by atoms with Crippen molar-refractivity contribution < 1.29 is 14.1 Å². The summed E-state index contributed by atoms with van der Waals surface area (Å²) in [6.07, 6.45) is 0. The summed E-state index contributed by atoms with van der Waals surface area (Å²) >= 11 is 0. The molecule has 0 saturated heterocycles. The SMILES string of the molecule is Cc1ccccc1C[NH+](C)CC(=O)Nc1ccccc1F. The molecule has 2 aromatic rings. The third-order valence-electron chi connectivity index (χ3n) is 3.36. The van der Waals surface area contributed by atoms with Crippen LogP contribution in [0.2, 0.25) is 0 Å². The van der Waals surface area contributed by atoms with Gasteiger partial charge in [-0.1, -0.05) is 36.4 Å². The van der Waals surface area contributed by atoms with Gasteiger partial charge in [-0.05, 0) is 24.6 Å². The van der Waals surface area contributed by atoms with Crippen molar-refractivity contribution in [2.24, 2.45) is 0 Å². The van der Waals surface area contributed by atoms with Crippen molar-refractivity contribution in [1.29, 1.82) is 0 Å². The third-order valence-corrected chi connectivity index (χ3v) is 3.36. The maximum absolute atomic E-state index is 13.5. The van der Waals surface area contributed by atoms with Gasteiger partial charge in [0.05, 0.1) is 12.7 Å². The highest BCUT2D eigenvalue weighted by Gasteiger charge is 2.13. The summed E-state index contributed by atoms with van der Waals surface area (Å²) < 4.78 is 13.5. The maximum atomic E-state index is 13.5. The maximum Gasteiger partial charge on any atom is 0.279 e. The molecule has 4 heteroatoms. The first-order valence-corrected chi connectivity index (χ1v) is 6.96. The number of anilines is 1. The number of rotatable bonds is 5. The smallest absolute Gasteiger partial charge is 0.279 e. The Morgan fingerprint density at radius 2 is 1.81 bits per heavy atom. The minimum absolute atomic E-state index is 0.189. The Labute approximate surface area is 124 Å². The lowest BCUT2D eigenvalue weighted by atomic mass is 10.1. The molecule has 110 valence electrons. The van der Waals surface area contributed by atoms with Crippen LogP contribution in [0.4, 0.5) is 10.1 Å². The van der Waals surface area contributed by atoms with E-state index in [0.717, 1.165) is 11.4 Å². The molecule has 2 aromatic carbocycles. The van der Waals surface area contributed by atoms with Crippen LogP contribution in [-0.2, 0) is 11.3 Å². The Kier molecular flexibility index (Phi) is 5.06. The fourth-order valence-corrected chi connectivity index (χ4v) is 2.23. The molecular weight excluding hydrogens is 267 g/mol. The van der Waals surface area contributed by atoms with Crippen LogP contribution in [0.1, 0.15) is 11.1 Å². The number of hydrogen-bond acceptors (Lipinski definition) is 1. The zero-order valence-corrected chi connectivity index (χ0v) is 12.3. The molecule has 0 aromatic heterocycles. The number of aryl methyl sites for hydroxylation is 1. The number of para-hydroxylation sites is 1. The van der Waals surface area contributed by atoms with Crippen molar-refractivity contribution >= 4 is 11.6 Å². The van der Waals surface area contributed by atoms with Gasteiger partial charge in [-0.15, -0.1) is 0 Å². The lowest BCUT2D eigenvalue weighted by Gasteiger charge is -2.15. The summed E-state index contributed by atoms with van der Waals surface area (Å²) in [7, 11) is 1.95. The Balaban J connectivity index is 1.91. The van der Waals surface area contributed by atoms with Gasteiger partial charge in [0.25, 0.3) is 5.91 Å².